The van der Waals surface area contributed by atoms with Crippen LogP contribution < -0.4 is 0 Å². The summed E-state index contributed by atoms with van der Waals surface area (Å²) in [4.78, 5) is 0. The molecule has 5 aromatic carbocycles. The molecule has 166 valence electrons. The van der Waals surface area contributed by atoms with E-state index in [1.165, 1.54) is 27.8 Å². The van der Waals surface area contributed by atoms with Gasteiger partial charge in [-0.25, -0.2) is 0 Å². The fourth-order valence-electron chi connectivity index (χ4n) is 6.02. The lowest BCUT2D eigenvalue weighted by Crippen LogP contribution is -2.51. The molecule has 0 heteroatoms. The number of hydrogen-bond donors (Lipinski definition) is 0. The number of benzene rings is 5. The minimum Gasteiger partial charge on any atom is -0.0642 e. The second-order valence-corrected chi connectivity index (χ2v) is 8.84. The maximum Gasteiger partial charge on any atom is 0.0588 e. The van der Waals surface area contributed by atoms with Gasteiger partial charge in [0.05, 0.1) is 5.41 Å². The Balaban J connectivity index is 2.04. The van der Waals surface area contributed by atoms with Crippen LogP contribution in [-0.2, 0) is 10.8 Å². The third-order valence-electron chi connectivity index (χ3n) is 7.32. The molecular weight excluding hydrogens is 408 g/mol. The molecule has 0 aliphatic carbocycles. The van der Waals surface area contributed by atoms with Crippen molar-refractivity contribution in [2.45, 2.75) is 24.2 Å². The van der Waals surface area contributed by atoms with E-state index in [4.69, 9.17) is 0 Å². The minimum absolute atomic E-state index is 0.348. The van der Waals surface area contributed by atoms with Crippen LogP contribution in [-0.4, -0.2) is 0 Å². The van der Waals surface area contributed by atoms with Crippen molar-refractivity contribution in [2.75, 3.05) is 0 Å². The Labute approximate surface area is 203 Å². The van der Waals surface area contributed by atoms with Crippen LogP contribution in [0.15, 0.2) is 152 Å². The van der Waals surface area contributed by atoms with Crippen LogP contribution in [0.4, 0.5) is 0 Å². The fraction of sp³-hybridized carbons (Fsp3) is 0.118. The summed E-state index contributed by atoms with van der Waals surface area (Å²) < 4.78 is 0. The first-order valence-electron chi connectivity index (χ1n) is 12.1. The van der Waals surface area contributed by atoms with Gasteiger partial charge in [0.25, 0.3) is 0 Å². The molecule has 0 aliphatic rings. The van der Waals surface area contributed by atoms with Crippen LogP contribution in [0.3, 0.4) is 0 Å². The van der Waals surface area contributed by atoms with Gasteiger partial charge in [0.15, 0.2) is 0 Å². The van der Waals surface area contributed by atoms with Crippen molar-refractivity contribution in [1.29, 1.82) is 0 Å². The van der Waals surface area contributed by atoms with Crippen molar-refractivity contribution < 1.29 is 0 Å². The molecule has 0 atom stereocenters. The van der Waals surface area contributed by atoms with Gasteiger partial charge in [-0.15, -0.1) is 0 Å². The molecule has 0 fully saturated rings. The molecule has 0 amide bonds. The predicted molar refractivity (Wildman–Crippen MR) is 143 cm³/mol. The second-order valence-electron chi connectivity index (χ2n) is 8.84. The zero-order chi connectivity index (χ0) is 23.3. The average molecular weight is 439 g/mol. The zero-order valence-corrected chi connectivity index (χ0v) is 19.6. The molecule has 0 bridgehead atoms. The lowest BCUT2D eigenvalue weighted by molar-refractivity contribution is 0.344. The summed E-state index contributed by atoms with van der Waals surface area (Å²) in [6.45, 7) is 2.34. The van der Waals surface area contributed by atoms with Crippen molar-refractivity contribution in [3.63, 3.8) is 0 Å². The van der Waals surface area contributed by atoms with Crippen LogP contribution in [0, 0.1) is 0 Å². The van der Waals surface area contributed by atoms with Gasteiger partial charge in [0.2, 0.25) is 0 Å². The molecule has 0 saturated carbocycles. The van der Waals surface area contributed by atoms with Crippen LogP contribution in [0.1, 0.15) is 41.2 Å². The van der Waals surface area contributed by atoms with Gasteiger partial charge in [0.1, 0.15) is 0 Å². The summed E-state index contributed by atoms with van der Waals surface area (Å²) in [7, 11) is 0. The minimum atomic E-state index is -0.450. The smallest absolute Gasteiger partial charge is 0.0588 e. The molecule has 0 radical (unpaired) electrons. The Morgan fingerprint density at radius 2 is 0.588 bits per heavy atom. The monoisotopic (exact) mass is 438 g/mol. The third-order valence-corrected chi connectivity index (χ3v) is 7.32. The highest BCUT2D eigenvalue weighted by atomic mass is 14.6. The van der Waals surface area contributed by atoms with Crippen LogP contribution >= 0.6 is 0 Å². The lowest BCUT2D eigenvalue weighted by Gasteiger charge is -2.53. The second kappa shape index (κ2) is 9.53. The van der Waals surface area contributed by atoms with Crippen molar-refractivity contribution >= 4 is 0 Å². The van der Waals surface area contributed by atoms with Gasteiger partial charge >= 0.3 is 0 Å². The van der Waals surface area contributed by atoms with Gasteiger partial charge in [-0.05, 0) is 34.2 Å². The van der Waals surface area contributed by atoms with E-state index >= 15 is 0 Å². The van der Waals surface area contributed by atoms with Crippen molar-refractivity contribution in [3.05, 3.63) is 179 Å². The van der Waals surface area contributed by atoms with Crippen molar-refractivity contribution in [2.24, 2.45) is 0 Å². The molecular formula is C34H30. The Kier molecular flexibility index (Phi) is 6.14. The normalized spacial score (nSPS) is 11.8. The highest BCUT2D eigenvalue weighted by Crippen LogP contribution is 2.58. The molecule has 0 N–H and O–H groups in total. The molecule has 0 heterocycles. The highest BCUT2D eigenvalue weighted by Gasteiger charge is 2.55. The third kappa shape index (κ3) is 3.38. The van der Waals surface area contributed by atoms with Crippen molar-refractivity contribution in [1.82, 2.24) is 0 Å². The molecule has 0 aliphatic heterocycles. The van der Waals surface area contributed by atoms with E-state index in [1.54, 1.807) is 0 Å². The van der Waals surface area contributed by atoms with E-state index in [-0.39, 0.29) is 5.41 Å². The maximum absolute atomic E-state index is 2.34. The Bertz CT molecular complexity index is 1160. The first-order chi connectivity index (χ1) is 16.8. The van der Waals surface area contributed by atoms with Gasteiger partial charge < -0.3 is 0 Å². The molecule has 0 saturated heterocycles. The van der Waals surface area contributed by atoms with E-state index in [0.29, 0.717) is 0 Å². The van der Waals surface area contributed by atoms with Gasteiger partial charge in [-0.3, -0.25) is 0 Å². The topological polar surface area (TPSA) is 0 Å². The molecule has 0 nitrogen and oxygen atoms in total. The van der Waals surface area contributed by atoms with E-state index < -0.39 is 5.41 Å². The molecule has 5 aromatic rings. The summed E-state index contributed by atoms with van der Waals surface area (Å²) in [5.74, 6) is 0. The van der Waals surface area contributed by atoms with Gasteiger partial charge in [0, 0.05) is 5.41 Å². The van der Waals surface area contributed by atoms with E-state index in [2.05, 4.69) is 159 Å². The van der Waals surface area contributed by atoms with E-state index in [1.807, 2.05) is 0 Å². The molecule has 0 aromatic heterocycles. The van der Waals surface area contributed by atoms with E-state index in [9.17, 15) is 0 Å². The number of rotatable bonds is 7. The van der Waals surface area contributed by atoms with Gasteiger partial charge in [-0.2, -0.15) is 0 Å². The fourth-order valence-corrected chi connectivity index (χ4v) is 6.02. The molecule has 0 spiro atoms. The summed E-state index contributed by atoms with van der Waals surface area (Å²) in [6.07, 6.45) is 0.930. The largest absolute Gasteiger partial charge is 0.0642 e. The standard InChI is InChI=1S/C34H30/c1-2-33(28-18-8-3-9-19-28,29-20-10-4-11-21-29)34(30-22-12-5-13-23-30,31-24-14-6-15-25-31)32-26-16-7-17-27-32/h3-27H,2H2,1H3. The number of hydrogen-bond acceptors (Lipinski definition) is 0. The van der Waals surface area contributed by atoms with Crippen LogP contribution in [0.2, 0.25) is 0 Å². The predicted octanol–water partition coefficient (Wildman–Crippen LogP) is 8.42. The van der Waals surface area contributed by atoms with Crippen LogP contribution in [0.25, 0.3) is 0 Å². The first kappa shape index (κ1) is 21.9. The summed E-state index contributed by atoms with van der Waals surface area (Å²) in [6, 6.07) is 55.3. The average Bonchev–Trinajstić information content (AvgIpc) is 2.94. The van der Waals surface area contributed by atoms with Crippen LogP contribution in [0.5, 0.6) is 0 Å². The van der Waals surface area contributed by atoms with E-state index in [0.717, 1.165) is 6.42 Å². The SMILES string of the molecule is CCC(c1ccccc1)(c1ccccc1)C(c1ccccc1)(c1ccccc1)c1ccccc1. The summed E-state index contributed by atoms with van der Waals surface area (Å²) >= 11 is 0. The van der Waals surface area contributed by atoms with Gasteiger partial charge in [-0.1, -0.05) is 159 Å². The highest BCUT2D eigenvalue weighted by molar-refractivity contribution is 5.62. The van der Waals surface area contributed by atoms with Crippen molar-refractivity contribution in [3.8, 4) is 0 Å². The summed E-state index contributed by atoms with van der Waals surface area (Å²) in [5, 5.41) is 0. The Morgan fingerprint density at radius 1 is 0.353 bits per heavy atom. The quantitative estimate of drug-likeness (QED) is 0.224. The molecule has 5 rings (SSSR count). The molecule has 34 heavy (non-hydrogen) atoms. The summed E-state index contributed by atoms with van der Waals surface area (Å²) in [5.41, 5.74) is 5.72. The lowest BCUT2D eigenvalue weighted by atomic mass is 9.48. The maximum atomic E-state index is 2.34. The Morgan fingerprint density at radius 3 is 0.824 bits per heavy atom. The Hall–Kier alpha value is -3.90. The molecule has 0 unspecified atom stereocenters. The zero-order valence-electron chi connectivity index (χ0n) is 19.6. The first-order valence-corrected chi connectivity index (χ1v) is 12.1.